The van der Waals surface area contributed by atoms with Gasteiger partial charge in [-0.25, -0.2) is 0 Å². The van der Waals surface area contributed by atoms with Crippen molar-refractivity contribution in [3.05, 3.63) is 81.9 Å². The minimum atomic E-state index is -0.128. The Labute approximate surface area is 156 Å². The molecule has 1 aromatic carbocycles. The van der Waals surface area contributed by atoms with Crippen LogP contribution in [-0.2, 0) is 11.2 Å². The van der Waals surface area contributed by atoms with Crippen molar-refractivity contribution in [2.45, 2.75) is 12.5 Å². The third-order valence-corrected chi connectivity index (χ3v) is 5.65. The molecule has 1 amide bonds. The number of amides is 1. The van der Waals surface area contributed by atoms with Crippen molar-refractivity contribution in [2.24, 2.45) is 0 Å². The van der Waals surface area contributed by atoms with Gasteiger partial charge in [0.2, 0.25) is 5.91 Å². The Morgan fingerprint density at radius 1 is 1.31 bits per heavy atom. The van der Waals surface area contributed by atoms with E-state index < -0.39 is 0 Å². The number of benzene rings is 1. The molecule has 1 unspecified atom stereocenters. The molecule has 1 aliphatic heterocycles. The van der Waals surface area contributed by atoms with Gasteiger partial charge in [0.05, 0.1) is 25.7 Å². The van der Waals surface area contributed by atoms with E-state index in [0.717, 1.165) is 23.3 Å². The Morgan fingerprint density at radius 3 is 3.00 bits per heavy atom. The maximum atomic E-state index is 13.0. The second-order valence-corrected chi connectivity index (χ2v) is 7.07. The number of rotatable bonds is 4. The van der Waals surface area contributed by atoms with Gasteiger partial charge < -0.3 is 14.1 Å². The molecular weight excluding hydrogens is 346 g/mol. The summed E-state index contributed by atoms with van der Waals surface area (Å²) < 4.78 is 10.6. The summed E-state index contributed by atoms with van der Waals surface area (Å²) in [6, 6.07) is 11.8. The van der Waals surface area contributed by atoms with E-state index in [4.69, 9.17) is 9.15 Å². The van der Waals surface area contributed by atoms with Gasteiger partial charge in [-0.2, -0.15) is 0 Å². The largest absolute Gasteiger partial charge is 0.496 e. The van der Waals surface area contributed by atoms with Crippen LogP contribution in [0.25, 0.3) is 6.08 Å². The highest BCUT2D eigenvalue weighted by Gasteiger charge is 2.33. The fraction of sp³-hybridized carbons (Fsp3) is 0.190. The molecule has 4 nitrogen and oxygen atoms in total. The molecule has 0 saturated carbocycles. The topological polar surface area (TPSA) is 42.7 Å². The molecule has 132 valence electrons. The zero-order valence-corrected chi connectivity index (χ0v) is 15.2. The van der Waals surface area contributed by atoms with E-state index in [9.17, 15) is 4.79 Å². The van der Waals surface area contributed by atoms with Crippen LogP contribution in [0.4, 0.5) is 0 Å². The number of carbonyl (C=O) groups is 1. The summed E-state index contributed by atoms with van der Waals surface area (Å²) in [4.78, 5) is 16.1. The van der Waals surface area contributed by atoms with Crippen molar-refractivity contribution in [2.75, 3.05) is 13.7 Å². The van der Waals surface area contributed by atoms with Gasteiger partial charge in [0, 0.05) is 28.6 Å². The fourth-order valence-corrected chi connectivity index (χ4v) is 4.46. The van der Waals surface area contributed by atoms with E-state index >= 15 is 0 Å². The van der Waals surface area contributed by atoms with Gasteiger partial charge >= 0.3 is 0 Å². The molecular formula is C21H19NO3S. The monoisotopic (exact) mass is 365 g/mol. The lowest BCUT2D eigenvalue weighted by Crippen LogP contribution is -2.39. The minimum Gasteiger partial charge on any atom is -0.496 e. The third kappa shape index (κ3) is 3.06. The molecule has 0 radical (unpaired) electrons. The Hall–Kier alpha value is -2.79. The van der Waals surface area contributed by atoms with Gasteiger partial charge in [-0.15, -0.1) is 11.3 Å². The number of hydrogen-bond acceptors (Lipinski definition) is 4. The number of nitrogens with zero attached hydrogens (tertiary/aromatic N) is 1. The van der Waals surface area contributed by atoms with Gasteiger partial charge in [0.15, 0.2) is 0 Å². The summed E-state index contributed by atoms with van der Waals surface area (Å²) in [5.41, 5.74) is 3.21. The van der Waals surface area contributed by atoms with Crippen LogP contribution in [0.2, 0.25) is 0 Å². The number of thiophene rings is 1. The zero-order valence-electron chi connectivity index (χ0n) is 14.4. The van der Waals surface area contributed by atoms with Crippen LogP contribution >= 0.6 is 11.3 Å². The average Bonchev–Trinajstić information content (AvgIpc) is 3.36. The average molecular weight is 365 g/mol. The maximum Gasteiger partial charge on any atom is 0.247 e. The highest BCUT2D eigenvalue weighted by Crippen LogP contribution is 2.41. The number of hydrogen-bond donors (Lipinski definition) is 0. The number of fused-ring (bicyclic) bond motifs is 1. The first kappa shape index (κ1) is 16.7. The molecule has 5 heteroatoms. The van der Waals surface area contributed by atoms with Crippen molar-refractivity contribution in [3.8, 4) is 5.75 Å². The van der Waals surface area contributed by atoms with Gasteiger partial charge in [0.25, 0.3) is 0 Å². The Balaban J connectivity index is 1.72. The summed E-state index contributed by atoms with van der Waals surface area (Å²) in [5, 5.41) is 2.10. The lowest BCUT2D eigenvalue weighted by molar-refractivity contribution is -0.127. The second-order valence-electron chi connectivity index (χ2n) is 6.13. The summed E-state index contributed by atoms with van der Waals surface area (Å²) in [6.07, 6.45) is 7.49. The summed E-state index contributed by atoms with van der Waals surface area (Å²) >= 11 is 1.70. The molecule has 0 saturated heterocycles. The van der Waals surface area contributed by atoms with Gasteiger partial charge in [-0.05, 0) is 41.6 Å². The Morgan fingerprint density at radius 2 is 2.19 bits per heavy atom. The molecule has 26 heavy (non-hydrogen) atoms. The molecule has 3 heterocycles. The van der Waals surface area contributed by atoms with Crippen LogP contribution in [-0.4, -0.2) is 24.5 Å². The quantitative estimate of drug-likeness (QED) is 0.638. The van der Waals surface area contributed by atoms with Crippen molar-refractivity contribution in [3.63, 3.8) is 0 Å². The molecule has 0 bridgehead atoms. The molecule has 1 aliphatic rings. The normalized spacial score (nSPS) is 16.7. The van der Waals surface area contributed by atoms with Gasteiger partial charge in [-0.3, -0.25) is 4.79 Å². The minimum absolute atomic E-state index is 0.0128. The molecule has 3 aromatic rings. The number of furan rings is 1. The smallest absolute Gasteiger partial charge is 0.247 e. The van der Waals surface area contributed by atoms with Crippen LogP contribution in [0.3, 0.4) is 0 Å². The standard InChI is InChI=1S/C21H19NO3S/c1-24-18-5-3-2-4-17(18)20-21-16(10-13-26-21)8-11-22(20)19(23)7-6-15-9-12-25-14-15/h2-7,9-10,12-14,20H,8,11H2,1H3/b7-6+. The maximum absolute atomic E-state index is 13.0. The first-order valence-corrected chi connectivity index (χ1v) is 9.36. The first-order chi connectivity index (χ1) is 12.8. The second kappa shape index (κ2) is 7.22. The highest BCUT2D eigenvalue weighted by molar-refractivity contribution is 7.10. The van der Waals surface area contributed by atoms with E-state index in [1.807, 2.05) is 35.2 Å². The summed E-state index contributed by atoms with van der Waals surface area (Å²) in [5.74, 6) is 0.788. The van der Waals surface area contributed by atoms with E-state index in [1.165, 1.54) is 10.4 Å². The zero-order chi connectivity index (χ0) is 17.9. The van der Waals surface area contributed by atoms with Crippen LogP contribution in [0.15, 0.2) is 64.8 Å². The molecule has 4 rings (SSSR count). The van der Waals surface area contributed by atoms with Crippen molar-refractivity contribution >= 4 is 23.3 Å². The van der Waals surface area contributed by atoms with Crippen molar-refractivity contribution < 1.29 is 13.9 Å². The van der Waals surface area contributed by atoms with E-state index in [-0.39, 0.29) is 11.9 Å². The van der Waals surface area contributed by atoms with E-state index in [0.29, 0.717) is 6.54 Å². The highest BCUT2D eigenvalue weighted by atomic mass is 32.1. The molecule has 2 aromatic heterocycles. The number of carbonyl (C=O) groups excluding carboxylic acids is 1. The molecule has 0 aliphatic carbocycles. The van der Waals surface area contributed by atoms with Crippen molar-refractivity contribution in [1.82, 2.24) is 4.90 Å². The number of ether oxygens (including phenoxy) is 1. The molecule has 1 atom stereocenters. The first-order valence-electron chi connectivity index (χ1n) is 8.48. The summed E-state index contributed by atoms with van der Waals surface area (Å²) in [6.45, 7) is 0.682. The van der Waals surface area contributed by atoms with E-state index in [1.54, 1.807) is 43.1 Å². The van der Waals surface area contributed by atoms with Crippen LogP contribution in [0.1, 0.15) is 27.6 Å². The van der Waals surface area contributed by atoms with E-state index in [2.05, 4.69) is 11.4 Å². The SMILES string of the molecule is COc1ccccc1C1c2sccc2CCN1C(=O)/C=C/c1ccoc1. The van der Waals surface area contributed by atoms with Crippen LogP contribution < -0.4 is 4.74 Å². The Bertz CT molecular complexity index is 926. The molecule has 0 fully saturated rings. The van der Waals surface area contributed by atoms with Crippen LogP contribution in [0, 0.1) is 0 Å². The van der Waals surface area contributed by atoms with Crippen molar-refractivity contribution in [1.29, 1.82) is 0 Å². The van der Waals surface area contributed by atoms with Gasteiger partial charge in [0.1, 0.15) is 5.75 Å². The third-order valence-electron chi connectivity index (χ3n) is 4.64. The fourth-order valence-electron chi connectivity index (χ4n) is 3.38. The summed E-state index contributed by atoms with van der Waals surface area (Å²) in [7, 11) is 1.67. The lowest BCUT2D eigenvalue weighted by atomic mass is 9.94. The molecule has 0 spiro atoms. The predicted molar refractivity (Wildman–Crippen MR) is 102 cm³/mol. The van der Waals surface area contributed by atoms with Crippen LogP contribution in [0.5, 0.6) is 5.75 Å². The number of para-hydroxylation sites is 1. The predicted octanol–water partition coefficient (Wildman–Crippen LogP) is 4.54. The number of methoxy groups -OCH3 is 1. The molecule has 0 N–H and O–H groups in total. The van der Waals surface area contributed by atoms with Gasteiger partial charge in [-0.1, -0.05) is 18.2 Å². The Kier molecular flexibility index (Phi) is 4.63. The lowest BCUT2D eigenvalue weighted by Gasteiger charge is -2.36.